The van der Waals surface area contributed by atoms with Crippen molar-refractivity contribution < 1.29 is 21.6 Å². The second-order valence-electron chi connectivity index (χ2n) is 4.24. The van der Waals surface area contributed by atoms with Crippen LogP contribution in [0.3, 0.4) is 0 Å². The van der Waals surface area contributed by atoms with Crippen LogP contribution in [0.5, 0.6) is 0 Å². The second kappa shape index (κ2) is 6.32. The topological polar surface area (TPSA) is 101 Å². The Balaban J connectivity index is 3.64. The minimum absolute atomic E-state index is 0.0536. The Morgan fingerprint density at radius 3 is 2.14 bits per heavy atom. The molecular weight excluding hydrogens is 384 g/mol. The number of halogens is 1. The number of sulfonamides is 2. The number of nitrogens with one attached hydrogen (secondary N) is 1. The molecule has 0 saturated heterocycles. The Kier molecular flexibility index (Phi) is 5.40. The minimum atomic E-state index is -4.11. The molecule has 0 unspecified atom stereocenters. The molecule has 1 aromatic carbocycles. The molecule has 0 spiro atoms. The van der Waals surface area contributed by atoms with E-state index >= 15 is 0 Å². The fourth-order valence-corrected chi connectivity index (χ4v) is 5.07. The third-order valence-corrected chi connectivity index (χ3v) is 6.06. The summed E-state index contributed by atoms with van der Waals surface area (Å²) in [4.78, 5) is 12.0. The smallest absolute Gasteiger partial charge is 0.253 e. The van der Waals surface area contributed by atoms with E-state index in [9.17, 15) is 21.6 Å². The standard InChI is InChI=1S/C11H15BrN2O5S2/c1-4-13-11(15)9-7-8(12)5-6-10(9)14(20(2,16)17)21(3,18)19/h5-7H,4H2,1-3H3,(H,13,15). The van der Waals surface area contributed by atoms with E-state index in [2.05, 4.69) is 21.2 Å². The van der Waals surface area contributed by atoms with Gasteiger partial charge in [0.1, 0.15) is 0 Å². The molecule has 0 aliphatic carbocycles. The molecule has 0 aliphatic heterocycles. The van der Waals surface area contributed by atoms with Crippen LogP contribution in [0.15, 0.2) is 22.7 Å². The lowest BCUT2D eigenvalue weighted by atomic mass is 10.1. The van der Waals surface area contributed by atoms with E-state index in [-0.39, 0.29) is 15.0 Å². The van der Waals surface area contributed by atoms with Gasteiger partial charge in [-0.15, -0.1) is 0 Å². The fourth-order valence-electron chi connectivity index (χ4n) is 1.71. The SMILES string of the molecule is CCNC(=O)c1cc(Br)ccc1N(S(C)(=O)=O)S(C)(=O)=O. The molecule has 118 valence electrons. The lowest BCUT2D eigenvalue weighted by Crippen LogP contribution is -2.37. The van der Waals surface area contributed by atoms with Crippen molar-refractivity contribution in [2.45, 2.75) is 6.92 Å². The summed E-state index contributed by atoms with van der Waals surface area (Å²) in [5.74, 6) is -0.564. The van der Waals surface area contributed by atoms with Gasteiger partial charge in [0.25, 0.3) is 5.91 Å². The number of hydrogen-bond acceptors (Lipinski definition) is 5. The largest absolute Gasteiger partial charge is 0.352 e. The van der Waals surface area contributed by atoms with Gasteiger partial charge in [-0.2, -0.15) is 3.71 Å². The quantitative estimate of drug-likeness (QED) is 0.794. The molecule has 10 heteroatoms. The molecular formula is C11H15BrN2O5S2. The third kappa shape index (κ3) is 4.42. The number of carbonyl (C=O) groups is 1. The maximum atomic E-state index is 12.0. The molecule has 0 aliphatic rings. The molecule has 0 saturated carbocycles. The lowest BCUT2D eigenvalue weighted by Gasteiger charge is -2.22. The van der Waals surface area contributed by atoms with Gasteiger partial charge in [-0.25, -0.2) is 16.8 Å². The van der Waals surface area contributed by atoms with E-state index in [0.29, 0.717) is 11.0 Å². The van der Waals surface area contributed by atoms with E-state index in [1.165, 1.54) is 18.2 Å². The molecule has 0 bridgehead atoms. The summed E-state index contributed by atoms with van der Waals surface area (Å²) >= 11 is 3.17. The second-order valence-corrected chi connectivity index (χ2v) is 9.05. The van der Waals surface area contributed by atoms with Crippen LogP contribution in [-0.2, 0) is 20.0 Å². The van der Waals surface area contributed by atoms with E-state index in [1.54, 1.807) is 6.92 Å². The molecule has 0 atom stereocenters. The number of carbonyl (C=O) groups excluding carboxylic acids is 1. The lowest BCUT2D eigenvalue weighted by molar-refractivity contribution is 0.0956. The summed E-state index contributed by atoms with van der Waals surface area (Å²) < 4.78 is 48.0. The van der Waals surface area contributed by atoms with Crippen LogP contribution in [0.25, 0.3) is 0 Å². The van der Waals surface area contributed by atoms with Crippen LogP contribution in [0.1, 0.15) is 17.3 Å². The van der Waals surface area contributed by atoms with Gasteiger partial charge in [-0.3, -0.25) is 4.79 Å². The summed E-state index contributed by atoms with van der Waals surface area (Å²) in [6, 6.07) is 4.09. The third-order valence-electron chi connectivity index (χ3n) is 2.34. The highest BCUT2D eigenvalue weighted by Gasteiger charge is 2.31. The summed E-state index contributed by atoms with van der Waals surface area (Å²) in [7, 11) is -8.22. The number of amides is 1. The average molecular weight is 399 g/mol. The van der Waals surface area contributed by atoms with Crippen molar-refractivity contribution >= 4 is 47.6 Å². The van der Waals surface area contributed by atoms with Gasteiger partial charge in [0.15, 0.2) is 0 Å². The van der Waals surface area contributed by atoms with E-state index in [1.807, 2.05) is 0 Å². The van der Waals surface area contributed by atoms with Crippen molar-refractivity contribution in [3.63, 3.8) is 0 Å². The van der Waals surface area contributed by atoms with Gasteiger partial charge in [0.2, 0.25) is 20.0 Å². The van der Waals surface area contributed by atoms with Crippen LogP contribution in [0.2, 0.25) is 0 Å². The molecule has 7 nitrogen and oxygen atoms in total. The zero-order chi connectivity index (χ0) is 16.4. The van der Waals surface area contributed by atoms with Crippen molar-refractivity contribution in [3.8, 4) is 0 Å². The predicted molar refractivity (Wildman–Crippen MR) is 84.3 cm³/mol. The zero-order valence-electron chi connectivity index (χ0n) is 11.6. The molecule has 1 rings (SSSR count). The maximum Gasteiger partial charge on any atom is 0.253 e. The normalized spacial score (nSPS) is 12.0. The van der Waals surface area contributed by atoms with E-state index in [0.717, 1.165) is 12.5 Å². The molecule has 0 radical (unpaired) electrons. The Morgan fingerprint density at radius 1 is 1.19 bits per heavy atom. The molecule has 1 N–H and O–H groups in total. The molecule has 21 heavy (non-hydrogen) atoms. The first-order valence-electron chi connectivity index (χ1n) is 5.76. The summed E-state index contributed by atoms with van der Waals surface area (Å²) in [5.41, 5.74) is -0.267. The first-order chi connectivity index (χ1) is 9.48. The monoisotopic (exact) mass is 398 g/mol. The number of rotatable bonds is 5. The van der Waals surface area contributed by atoms with Crippen molar-refractivity contribution in [1.29, 1.82) is 0 Å². The summed E-state index contributed by atoms with van der Waals surface area (Å²) in [5, 5.41) is 2.51. The molecule has 0 fully saturated rings. The van der Waals surface area contributed by atoms with Gasteiger partial charge in [-0.1, -0.05) is 15.9 Å². The Hall–Kier alpha value is -1.13. The van der Waals surface area contributed by atoms with Crippen molar-refractivity contribution in [2.75, 3.05) is 22.8 Å². The number of nitrogens with zero attached hydrogens (tertiary/aromatic N) is 1. The van der Waals surface area contributed by atoms with Gasteiger partial charge >= 0.3 is 0 Å². The molecule has 1 amide bonds. The van der Waals surface area contributed by atoms with Crippen LogP contribution in [0, 0.1) is 0 Å². The number of hydrogen-bond donors (Lipinski definition) is 1. The fraction of sp³-hybridized carbons (Fsp3) is 0.364. The molecule has 1 aromatic rings. The minimum Gasteiger partial charge on any atom is -0.352 e. The van der Waals surface area contributed by atoms with Crippen molar-refractivity contribution in [3.05, 3.63) is 28.2 Å². The first-order valence-corrected chi connectivity index (χ1v) is 10.3. The number of benzene rings is 1. The van der Waals surface area contributed by atoms with Gasteiger partial charge in [0.05, 0.1) is 23.8 Å². The zero-order valence-corrected chi connectivity index (χ0v) is 14.8. The van der Waals surface area contributed by atoms with Crippen LogP contribution >= 0.6 is 15.9 Å². The van der Waals surface area contributed by atoms with Crippen molar-refractivity contribution in [2.24, 2.45) is 0 Å². The highest BCUT2D eigenvalue weighted by molar-refractivity contribution is 9.10. The van der Waals surface area contributed by atoms with E-state index in [4.69, 9.17) is 0 Å². The Labute approximate surface area is 132 Å². The van der Waals surface area contributed by atoms with E-state index < -0.39 is 26.0 Å². The maximum absolute atomic E-state index is 12.0. The number of anilines is 1. The van der Waals surface area contributed by atoms with Crippen molar-refractivity contribution in [1.82, 2.24) is 5.32 Å². The first kappa shape index (κ1) is 17.9. The van der Waals surface area contributed by atoms with Gasteiger partial charge < -0.3 is 5.32 Å². The summed E-state index contributed by atoms with van der Waals surface area (Å²) in [6.45, 7) is 2.02. The van der Waals surface area contributed by atoms with Crippen LogP contribution in [0.4, 0.5) is 5.69 Å². The summed E-state index contributed by atoms with van der Waals surface area (Å²) in [6.07, 6.45) is 1.52. The highest BCUT2D eigenvalue weighted by Crippen LogP contribution is 2.28. The highest BCUT2D eigenvalue weighted by atomic mass is 79.9. The average Bonchev–Trinajstić information content (AvgIpc) is 2.28. The van der Waals surface area contributed by atoms with Crippen LogP contribution < -0.4 is 9.03 Å². The van der Waals surface area contributed by atoms with Gasteiger partial charge in [-0.05, 0) is 25.1 Å². The van der Waals surface area contributed by atoms with Gasteiger partial charge in [0, 0.05) is 11.0 Å². The molecule has 0 aromatic heterocycles. The predicted octanol–water partition coefficient (Wildman–Crippen LogP) is 0.924. The molecule has 0 heterocycles. The Bertz CT molecular complexity index is 727. The Morgan fingerprint density at radius 2 is 1.71 bits per heavy atom. The van der Waals surface area contributed by atoms with Crippen LogP contribution in [-0.4, -0.2) is 41.8 Å².